The lowest BCUT2D eigenvalue weighted by molar-refractivity contribution is -0.156. The lowest BCUT2D eigenvalue weighted by Gasteiger charge is -2.23. The van der Waals surface area contributed by atoms with Crippen LogP contribution in [0.1, 0.15) is 17.2 Å². The number of rotatable bonds is 6. The first-order valence-corrected chi connectivity index (χ1v) is 6.35. The molecule has 2 aromatic rings. The molecule has 0 aliphatic rings. The molecule has 3 nitrogen and oxygen atoms in total. The zero-order valence-corrected chi connectivity index (χ0v) is 11.1. The Kier molecular flexibility index (Phi) is 5.10. The quantitative estimate of drug-likeness (QED) is 0.808. The Morgan fingerprint density at radius 3 is 2.16 bits per heavy atom. The molecule has 0 amide bonds. The molecule has 0 saturated carbocycles. The van der Waals surface area contributed by atoms with Gasteiger partial charge in [-0.2, -0.15) is 5.06 Å². The standard InChI is InChI=1S/C16H19NO2/c1-19-17(12-14-8-4-2-5-9-14)13-16(18)15-10-6-3-7-11-15/h2-11,16,18H,12-13H2,1H3. The van der Waals surface area contributed by atoms with E-state index < -0.39 is 6.10 Å². The van der Waals surface area contributed by atoms with Gasteiger partial charge in [0.2, 0.25) is 0 Å². The van der Waals surface area contributed by atoms with E-state index in [-0.39, 0.29) is 0 Å². The topological polar surface area (TPSA) is 32.7 Å². The molecule has 2 rings (SSSR count). The molecule has 19 heavy (non-hydrogen) atoms. The van der Waals surface area contributed by atoms with E-state index in [1.807, 2.05) is 60.7 Å². The Morgan fingerprint density at radius 2 is 1.58 bits per heavy atom. The van der Waals surface area contributed by atoms with Gasteiger partial charge in [0.1, 0.15) is 0 Å². The summed E-state index contributed by atoms with van der Waals surface area (Å²) in [7, 11) is 1.63. The second-order valence-electron chi connectivity index (χ2n) is 4.42. The predicted molar refractivity (Wildman–Crippen MR) is 75.3 cm³/mol. The summed E-state index contributed by atoms with van der Waals surface area (Å²) < 4.78 is 0. The van der Waals surface area contributed by atoms with E-state index >= 15 is 0 Å². The van der Waals surface area contributed by atoms with E-state index in [9.17, 15) is 5.11 Å². The molecular formula is C16H19NO2. The van der Waals surface area contributed by atoms with Crippen molar-refractivity contribution in [1.82, 2.24) is 5.06 Å². The van der Waals surface area contributed by atoms with Gasteiger partial charge >= 0.3 is 0 Å². The molecule has 0 aliphatic heterocycles. The molecule has 0 heterocycles. The zero-order chi connectivity index (χ0) is 13.5. The van der Waals surface area contributed by atoms with Gasteiger partial charge in [-0.25, -0.2) is 0 Å². The van der Waals surface area contributed by atoms with E-state index in [0.717, 1.165) is 11.1 Å². The third-order valence-electron chi connectivity index (χ3n) is 3.02. The fourth-order valence-electron chi connectivity index (χ4n) is 1.96. The smallest absolute Gasteiger partial charge is 0.0940 e. The molecular weight excluding hydrogens is 238 g/mol. The van der Waals surface area contributed by atoms with E-state index in [1.54, 1.807) is 12.2 Å². The first kappa shape index (κ1) is 13.7. The van der Waals surface area contributed by atoms with Gasteiger partial charge in [-0.1, -0.05) is 60.7 Å². The van der Waals surface area contributed by atoms with Gasteiger partial charge in [0.15, 0.2) is 0 Å². The van der Waals surface area contributed by atoms with Gasteiger partial charge < -0.3 is 9.94 Å². The zero-order valence-electron chi connectivity index (χ0n) is 11.1. The van der Waals surface area contributed by atoms with E-state index in [2.05, 4.69) is 0 Å². The van der Waals surface area contributed by atoms with Gasteiger partial charge in [-0.05, 0) is 11.1 Å². The summed E-state index contributed by atoms with van der Waals surface area (Å²) >= 11 is 0. The predicted octanol–water partition coefficient (Wildman–Crippen LogP) is 2.78. The van der Waals surface area contributed by atoms with Crippen molar-refractivity contribution in [2.75, 3.05) is 13.7 Å². The van der Waals surface area contributed by atoms with Crippen LogP contribution >= 0.6 is 0 Å². The second kappa shape index (κ2) is 7.04. The summed E-state index contributed by atoms with van der Waals surface area (Å²) in [6.45, 7) is 1.09. The molecule has 3 heteroatoms. The molecule has 1 N–H and O–H groups in total. The molecule has 0 fully saturated rings. The van der Waals surface area contributed by atoms with Crippen molar-refractivity contribution in [3.8, 4) is 0 Å². The molecule has 0 aliphatic carbocycles. The minimum Gasteiger partial charge on any atom is -0.387 e. The number of aliphatic hydroxyl groups excluding tert-OH is 1. The molecule has 0 radical (unpaired) electrons. The monoisotopic (exact) mass is 257 g/mol. The lowest BCUT2D eigenvalue weighted by atomic mass is 10.1. The first-order chi connectivity index (χ1) is 9.29. The average molecular weight is 257 g/mol. The van der Waals surface area contributed by atoms with Crippen LogP contribution in [0, 0.1) is 0 Å². The normalized spacial score (nSPS) is 12.6. The molecule has 0 bridgehead atoms. The van der Waals surface area contributed by atoms with Gasteiger partial charge in [-0.3, -0.25) is 0 Å². The molecule has 0 aromatic heterocycles. The Hall–Kier alpha value is -1.68. The van der Waals surface area contributed by atoms with Crippen LogP contribution < -0.4 is 0 Å². The van der Waals surface area contributed by atoms with Crippen LogP contribution in [0.15, 0.2) is 60.7 Å². The third kappa shape index (κ3) is 4.17. The van der Waals surface area contributed by atoms with Crippen molar-refractivity contribution in [3.63, 3.8) is 0 Å². The maximum Gasteiger partial charge on any atom is 0.0940 e. The van der Waals surface area contributed by atoms with Crippen molar-refractivity contribution in [1.29, 1.82) is 0 Å². The fourth-order valence-corrected chi connectivity index (χ4v) is 1.96. The highest BCUT2D eigenvalue weighted by Gasteiger charge is 2.13. The lowest BCUT2D eigenvalue weighted by Crippen LogP contribution is -2.27. The van der Waals surface area contributed by atoms with Crippen molar-refractivity contribution < 1.29 is 9.94 Å². The first-order valence-electron chi connectivity index (χ1n) is 6.35. The van der Waals surface area contributed by atoms with Crippen molar-refractivity contribution in [2.45, 2.75) is 12.6 Å². The van der Waals surface area contributed by atoms with Crippen LogP contribution in [0.2, 0.25) is 0 Å². The highest BCUT2D eigenvalue weighted by atomic mass is 16.7. The minimum atomic E-state index is -0.551. The van der Waals surface area contributed by atoms with Crippen LogP contribution in [0.25, 0.3) is 0 Å². The maximum atomic E-state index is 10.2. The average Bonchev–Trinajstić information content (AvgIpc) is 2.48. The minimum absolute atomic E-state index is 0.440. The van der Waals surface area contributed by atoms with Crippen LogP contribution in [-0.2, 0) is 11.4 Å². The van der Waals surface area contributed by atoms with Crippen molar-refractivity contribution >= 4 is 0 Å². The number of benzene rings is 2. The molecule has 0 saturated heterocycles. The highest BCUT2D eigenvalue weighted by molar-refractivity contribution is 5.18. The van der Waals surface area contributed by atoms with Crippen LogP contribution in [0.3, 0.4) is 0 Å². The van der Waals surface area contributed by atoms with Crippen molar-refractivity contribution in [2.24, 2.45) is 0 Å². The van der Waals surface area contributed by atoms with Gasteiger partial charge in [-0.15, -0.1) is 0 Å². The summed E-state index contributed by atoms with van der Waals surface area (Å²) in [5.41, 5.74) is 2.06. The maximum absolute atomic E-state index is 10.2. The molecule has 0 spiro atoms. The fraction of sp³-hybridized carbons (Fsp3) is 0.250. The Labute approximate surface area is 114 Å². The van der Waals surface area contributed by atoms with E-state index in [4.69, 9.17) is 4.84 Å². The number of hydroxylamine groups is 2. The summed E-state index contributed by atoms with van der Waals surface area (Å²) in [4.78, 5) is 5.32. The largest absolute Gasteiger partial charge is 0.387 e. The van der Waals surface area contributed by atoms with Gasteiger partial charge in [0, 0.05) is 6.54 Å². The molecule has 1 unspecified atom stereocenters. The Morgan fingerprint density at radius 1 is 1.00 bits per heavy atom. The SMILES string of the molecule is CON(Cc1ccccc1)CC(O)c1ccccc1. The summed E-state index contributed by atoms with van der Waals surface area (Å²) in [5, 5.41) is 11.9. The third-order valence-corrected chi connectivity index (χ3v) is 3.02. The number of hydrogen-bond acceptors (Lipinski definition) is 3. The highest BCUT2D eigenvalue weighted by Crippen LogP contribution is 2.15. The number of aliphatic hydroxyl groups is 1. The summed E-state index contributed by atoms with van der Waals surface area (Å²) in [6.07, 6.45) is -0.551. The van der Waals surface area contributed by atoms with Crippen LogP contribution in [-0.4, -0.2) is 23.8 Å². The van der Waals surface area contributed by atoms with E-state index in [0.29, 0.717) is 13.1 Å². The second-order valence-corrected chi connectivity index (χ2v) is 4.42. The van der Waals surface area contributed by atoms with Gasteiger partial charge in [0.25, 0.3) is 0 Å². The molecule has 2 aromatic carbocycles. The van der Waals surface area contributed by atoms with Crippen LogP contribution in [0.4, 0.5) is 0 Å². The summed E-state index contributed by atoms with van der Waals surface area (Å²) in [5.74, 6) is 0. The Bertz CT molecular complexity index is 473. The van der Waals surface area contributed by atoms with Gasteiger partial charge in [0.05, 0.1) is 19.8 Å². The van der Waals surface area contributed by atoms with Crippen molar-refractivity contribution in [3.05, 3.63) is 71.8 Å². The summed E-state index contributed by atoms with van der Waals surface area (Å²) in [6, 6.07) is 19.7. The van der Waals surface area contributed by atoms with E-state index in [1.165, 1.54) is 0 Å². The number of hydrogen-bond donors (Lipinski definition) is 1. The number of nitrogens with zero attached hydrogens (tertiary/aromatic N) is 1. The molecule has 100 valence electrons. The van der Waals surface area contributed by atoms with Crippen LogP contribution in [0.5, 0.6) is 0 Å². The Balaban J connectivity index is 1.96. The molecule has 1 atom stereocenters.